The Hall–Kier alpha value is -2.29. The largest absolute Gasteiger partial charge is 0.285 e. The van der Waals surface area contributed by atoms with Crippen LogP contribution in [0.3, 0.4) is 0 Å². The van der Waals surface area contributed by atoms with Crippen LogP contribution in [0.2, 0.25) is 0 Å². The summed E-state index contributed by atoms with van der Waals surface area (Å²) in [6.07, 6.45) is 4.56. The summed E-state index contributed by atoms with van der Waals surface area (Å²) in [5, 5.41) is 0. The van der Waals surface area contributed by atoms with Crippen LogP contribution in [0.1, 0.15) is 30.0 Å². The number of hydrogen-bond acceptors (Lipinski definition) is 1. The van der Waals surface area contributed by atoms with Gasteiger partial charge in [-0.05, 0) is 42.7 Å². The molecule has 0 aliphatic rings. The SMILES string of the molecule is CCCN=C(/C=C/c1ccc(F)c(F)c1)c1ccccc1C. The molecule has 0 unspecified atom stereocenters. The van der Waals surface area contributed by atoms with E-state index in [0.717, 1.165) is 35.9 Å². The second-order valence-corrected chi connectivity index (χ2v) is 5.09. The summed E-state index contributed by atoms with van der Waals surface area (Å²) in [6, 6.07) is 11.9. The van der Waals surface area contributed by atoms with Gasteiger partial charge in [-0.3, -0.25) is 4.99 Å². The molecule has 114 valence electrons. The minimum Gasteiger partial charge on any atom is -0.285 e. The number of benzene rings is 2. The summed E-state index contributed by atoms with van der Waals surface area (Å²) in [4.78, 5) is 4.59. The molecule has 0 aromatic heterocycles. The first-order valence-electron chi connectivity index (χ1n) is 7.35. The first-order valence-corrected chi connectivity index (χ1v) is 7.35. The minimum absolute atomic E-state index is 0.608. The summed E-state index contributed by atoms with van der Waals surface area (Å²) in [5.74, 6) is -1.68. The van der Waals surface area contributed by atoms with Crippen molar-refractivity contribution >= 4 is 11.8 Å². The van der Waals surface area contributed by atoms with Gasteiger partial charge in [0.25, 0.3) is 0 Å². The van der Waals surface area contributed by atoms with Crippen LogP contribution in [0.4, 0.5) is 8.78 Å². The van der Waals surface area contributed by atoms with Gasteiger partial charge in [-0.2, -0.15) is 0 Å². The van der Waals surface area contributed by atoms with Gasteiger partial charge >= 0.3 is 0 Å². The molecule has 0 aliphatic heterocycles. The number of halogens is 2. The van der Waals surface area contributed by atoms with Crippen LogP contribution in [0.5, 0.6) is 0 Å². The molecule has 3 heteroatoms. The van der Waals surface area contributed by atoms with Crippen molar-refractivity contribution in [3.63, 3.8) is 0 Å². The molecule has 2 aromatic rings. The van der Waals surface area contributed by atoms with E-state index in [4.69, 9.17) is 0 Å². The topological polar surface area (TPSA) is 12.4 Å². The first-order chi connectivity index (χ1) is 10.6. The van der Waals surface area contributed by atoms with Crippen LogP contribution in [-0.2, 0) is 0 Å². The van der Waals surface area contributed by atoms with Crippen LogP contribution in [0.25, 0.3) is 6.08 Å². The predicted molar refractivity (Wildman–Crippen MR) is 88.3 cm³/mol. The molecule has 0 N–H and O–H groups in total. The highest BCUT2D eigenvalue weighted by Gasteiger charge is 2.04. The number of hydrogen-bond donors (Lipinski definition) is 0. The third-order valence-corrected chi connectivity index (χ3v) is 3.30. The molecule has 2 aromatic carbocycles. The Labute approximate surface area is 130 Å². The highest BCUT2D eigenvalue weighted by Crippen LogP contribution is 2.13. The van der Waals surface area contributed by atoms with Gasteiger partial charge in [0.1, 0.15) is 0 Å². The van der Waals surface area contributed by atoms with E-state index >= 15 is 0 Å². The molecule has 1 nitrogen and oxygen atoms in total. The average Bonchev–Trinajstić information content (AvgIpc) is 2.52. The maximum absolute atomic E-state index is 13.3. The number of aryl methyl sites for hydroxylation is 1. The normalized spacial score (nSPS) is 12.1. The smallest absolute Gasteiger partial charge is 0.159 e. The average molecular weight is 299 g/mol. The molecular weight excluding hydrogens is 280 g/mol. The van der Waals surface area contributed by atoms with Crippen molar-refractivity contribution in [3.05, 3.63) is 76.9 Å². The van der Waals surface area contributed by atoms with Gasteiger partial charge in [-0.15, -0.1) is 0 Å². The second kappa shape index (κ2) is 7.64. The van der Waals surface area contributed by atoms with E-state index in [2.05, 4.69) is 11.9 Å². The van der Waals surface area contributed by atoms with Gasteiger partial charge in [0, 0.05) is 12.1 Å². The van der Waals surface area contributed by atoms with Gasteiger partial charge in [0.2, 0.25) is 0 Å². The molecule has 22 heavy (non-hydrogen) atoms. The van der Waals surface area contributed by atoms with Crippen LogP contribution in [0.15, 0.2) is 53.5 Å². The Kier molecular flexibility index (Phi) is 5.59. The fourth-order valence-corrected chi connectivity index (χ4v) is 2.11. The van der Waals surface area contributed by atoms with Gasteiger partial charge in [-0.1, -0.05) is 43.3 Å². The monoisotopic (exact) mass is 299 g/mol. The Morgan fingerprint density at radius 2 is 1.86 bits per heavy atom. The number of rotatable bonds is 5. The Morgan fingerprint density at radius 3 is 2.55 bits per heavy atom. The van der Waals surface area contributed by atoms with Gasteiger partial charge in [0.05, 0.1) is 5.71 Å². The molecular formula is C19H19F2N. The zero-order valence-electron chi connectivity index (χ0n) is 12.8. The summed E-state index contributed by atoms with van der Waals surface area (Å²) in [7, 11) is 0. The van der Waals surface area contributed by atoms with Gasteiger partial charge in [0.15, 0.2) is 11.6 Å². The lowest BCUT2D eigenvalue weighted by atomic mass is 10.0. The van der Waals surface area contributed by atoms with E-state index in [-0.39, 0.29) is 0 Å². The molecule has 0 amide bonds. The number of allylic oxidation sites excluding steroid dienone is 1. The van der Waals surface area contributed by atoms with Crippen molar-refractivity contribution in [2.24, 2.45) is 4.99 Å². The van der Waals surface area contributed by atoms with Crippen molar-refractivity contribution in [1.82, 2.24) is 0 Å². The number of aliphatic imine (C=N–C) groups is 1. The van der Waals surface area contributed by atoms with Crippen molar-refractivity contribution in [1.29, 1.82) is 0 Å². The van der Waals surface area contributed by atoms with Crippen LogP contribution in [0, 0.1) is 18.6 Å². The molecule has 2 rings (SSSR count). The fourth-order valence-electron chi connectivity index (χ4n) is 2.11. The lowest BCUT2D eigenvalue weighted by Crippen LogP contribution is -2.01. The maximum Gasteiger partial charge on any atom is 0.159 e. The highest BCUT2D eigenvalue weighted by atomic mass is 19.2. The summed E-state index contributed by atoms with van der Waals surface area (Å²) in [5.41, 5.74) is 3.64. The molecule has 0 atom stereocenters. The van der Waals surface area contributed by atoms with E-state index in [9.17, 15) is 8.78 Å². The fraction of sp³-hybridized carbons (Fsp3) is 0.211. The Balaban J connectivity index is 2.33. The summed E-state index contributed by atoms with van der Waals surface area (Å²) in [6.45, 7) is 4.83. The third-order valence-electron chi connectivity index (χ3n) is 3.30. The zero-order valence-corrected chi connectivity index (χ0v) is 12.8. The van der Waals surface area contributed by atoms with Crippen molar-refractivity contribution < 1.29 is 8.78 Å². The van der Waals surface area contributed by atoms with E-state index in [0.29, 0.717) is 5.56 Å². The van der Waals surface area contributed by atoms with E-state index in [1.165, 1.54) is 6.07 Å². The molecule has 0 radical (unpaired) electrons. The predicted octanol–water partition coefficient (Wildman–Crippen LogP) is 5.19. The van der Waals surface area contributed by atoms with Crippen molar-refractivity contribution in [3.8, 4) is 0 Å². The molecule has 0 spiro atoms. The Morgan fingerprint density at radius 1 is 1.09 bits per heavy atom. The van der Waals surface area contributed by atoms with Crippen molar-refractivity contribution in [2.75, 3.05) is 6.54 Å². The first kappa shape index (κ1) is 16.1. The standard InChI is InChI=1S/C19H19F2N/c1-3-12-22-19(16-7-5-4-6-14(16)2)11-9-15-8-10-17(20)18(21)13-15/h4-11,13H,3,12H2,1-2H3/b11-9+,22-19?. The van der Waals surface area contributed by atoms with E-state index < -0.39 is 11.6 Å². The molecule has 0 heterocycles. The lowest BCUT2D eigenvalue weighted by Gasteiger charge is -2.06. The van der Waals surface area contributed by atoms with Crippen LogP contribution >= 0.6 is 0 Å². The van der Waals surface area contributed by atoms with Gasteiger partial charge < -0.3 is 0 Å². The summed E-state index contributed by atoms with van der Waals surface area (Å²) >= 11 is 0. The quantitative estimate of drug-likeness (QED) is 0.674. The molecule has 0 saturated carbocycles. The van der Waals surface area contributed by atoms with Gasteiger partial charge in [-0.25, -0.2) is 8.78 Å². The molecule has 0 bridgehead atoms. The third kappa shape index (κ3) is 4.10. The van der Waals surface area contributed by atoms with E-state index in [1.807, 2.05) is 37.3 Å². The van der Waals surface area contributed by atoms with Crippen molar-refractivity contribution in [2.45, 2.75) is 20.3 Å². The minimum atomic E-state index is -0.843. The maximum atomic E-state index is 13.3. The van der Waals surface area contributed by atoms with E-state index in [1.54, 1.807) is 12.1 Å². The highest BCUT2D eigenvalue weighted by molar-refractivity contribution is 6.11. The molecule has 0 saturated heterocycles. The second-order valence-electron chi connectivity index (χ2n) is 5.09. The molecule has 0 aliphatic carbocycles. The zero-order chi connectivity index (χ0) is 15.9. The van der Waals surface area contributed by atoms with Crippen LogP contribution < -0.4 is 0 Å². The summed E-state index contributed by atoms with van der Waals surface area (Å²) < 4.78 is 26.2. The van der Waals surface area contributed by atoms with Crippen LogP contribution in [-0.4, -0.2) is 12.3 Å². The molecule has 0 fully saturated rings. The Bertz CT molecular complexity index is 702. The number of nitrogens with zero attached hydrogens (tertiary/aromatic N) is 1. The lowest BCUT2D eigenvalue weighted by molar-refractivity contribution is 0.508.